The third kappa shape index (κ3) is 4.45. The highest BCUT2D eigenvalue weighted by atomic mass is 14.9. The van der Waals surface area contributed by atoms with Crippen LogP contribution in [-0.4, -0.2) is 0 Å². The predicted molar refractivity (Wildman–Crippen MR) is 112 cm³/mol. The number of nitrogens with one attached hydrogen (secondary N) is 1. The molecule has 1 aromatic carbocycles. The van der Waals surface area contributed by atoms with E-state index >= 15 is 0 Å². The average molecular weight is 338 g/mol. The Labute approximate surface area is 154 Å². The van der Waals surface area contributed by atoms with E-state index in [0.29, 0.717) is 0 Å². The maximum atomic E-state index is 4.34. The number of hydrogen-bond acceptors (Lipinski definition) is 1. The monoisotopic (exact) mass is 337 g/mol. The quantitative estimate of drug-likeness (QED) is 0.552. The topological polar surface area (TPSA) is 12.0 Å². The summed E-state index contributed by atoms with van der Waals surface area (Å²) in [4.78, 5) is 0. The van der Waals surface area contributed by atoms with Gasteiger partial charge in [0.25, 0.3) is 0 Å². The Morgan fingerprint density at radius 2 is 1.52 bits per heavy atom. The van der Waals surface area contributed by atoms with Gasteiger partial charge in [-0.3, -0.25) is 0 Å². The van der Waals surface area contributed by atoms with Crippen molar-refractivity contribution in [3.63, 3.8) is 0 Å². The van der Waals surface area contributed by atoms with Crippen molar-refractivity contribution in [1.82, 2.24) is 0 Å². The van der Waals surface area contributed by atoms with E-state index in [4.69, 9.17) is 0 Å². The van der Waals surface area contributed by atoms with E-state index in [1.54, 1.807) is 0 Å². The molecular weight excluding hydrogens is 302 g/mol. The molecule has 1 aromatic rings. The van der Waals surface area contributed by atoms with E-state index in [1.807, 2.05) is 0 Å². The zero-order valence-corrected chi connectivity index (χ0v) is 17.1. The first-order valence-electron chi connectivity index (χ1n) is 9.49. The molecule has 1 aliphatic carbocycles. The van der Waals surface area contributed by atoms with E-state index in [2.05, 4.69) is 84.3 Å². The Morgan fingerprint density at radius 1 is 1.00 bits per heavy atom. The first-order valence-corrected chi connectivity index (χ1v) is 9.49. The Hall–Kier alpha value is -1.76. The summed E-state index contributed by atoms with van der Waals surface area (Å²) in [6, 6.07) is 8.69. The van der Waals surface area contributed by atoms with E-state index in [9.17, 15) is 0 Å². The van der Waals surface area contributed by atoms with Crippen molar-refractivity contribution in [2.24, 2.45) is 5.41 Å². The molecule has 0 bridgehead atoms. The highest BCUT2D eigenvalue weighted by Gasteiger charge is 2.32. The predicted octanol–water partition coefficient (Wildman–Crippen LogP) is 7.38. The number of hydrogen-bond donors (Lipinski definition) is 1. The molecule has 1 heteroatoms. The van der Waals surface area contributed by atoms with Gasteiger partial charge in [0.05, 0.1) is 0 Å². The lowest BCUT2D eigenvalue weighted by molar-refractivity contribution is 0.411. The van der Waals surface area contributed by atoms with E-state index in [0.717, 1.165) is 17.0 Å². The minimum absolute atomic E-state index is 0.173. The summed E-state index contributed by atoms with van der Waals surface area (Å²) < 4.78 is 0. The van der Waals surface area contributed by atoms with E-state index < -0.39 is 0 Å². The zero-order valence-electron chi connectivity index (χ0n) is 17.1. The van der Waals surface area contributed by atoms with Gasteiger partial charge >= 0.3 is 0 Å². The van der Waals surface area contributed by atoms with Crippen LogP contribution in [0.15, 0.2) is 59.8 Å². The Balaban J connectivity index is 2.26. The lowest BCUT2D eigenvalue weighted by Gasteiger charge is -2.29. The Bertz CT molecular complexity index is 674. The summed E-state index contributed by atoms with van der Waals surface area (Å²) in [7, 11) is 0. The molecule has 1 saturated carbocycles. The zero-order chi connectivity index (χ0) is 18.8. The molecule has 0 radical (unpaired) electrons. The second-order valence-corrected chi connectivity index (χ2v) is 8.98. The largest absolute Gasteiger partial charge is 0.356 e. The van der Waals surface area contributed by atoms with Crippen LogP contribution in [0.3, 0.4) is 0 Å². The van der Waals surface area contributed by atoms with Crippen molar-refractivity contribution in [3.8, 4) is 0 Å². The van der Waals surface area contributed by atoms with Crippen molar-refractivity contribution in [2.75, 3.05) is 5.32 Å². The van der Waals surface area contributed by atoms with Crippen LogP contribution in [0.25, 0.3) is 0 Å². The first-order chi connectivity index (χ1) is 11.5. The van der Waals surface area contributed by atoms with Crippen molar-refractivity contribution in [2.45, 2.75) is 72.6 Å². The van der Waals surface area contributed by atoms with Crippen LogP contribution in [0, 0.1) is 5.41 Å². The highest BCUT2D eigenvalue weighted by Crippen LogP contribution is 2.46. The Morgan fingerprint density at radius 3 is 1.96 bits per heavy atom. The minimum atomic E-state index is 0.173. The molecule has 0 heterocycles. The van der Waals surface area contributed by atoms with Gasteiger partial charge in [0.2, 0.25) is 0 Å². The van der Waals surface area contributed by atoms with Crippen molar-refractivity contribution >= 4 is 5.69 Å². The van der Waals surface area contributed by atoms with Gasteiger partial charge in [-0.1, -0.05) is 71.4 Å². The summed E-state index contributed by atoms with van der Waals surface area (Å²) >= 11 is 0. The number of rotatable bonds is 5. The second-order valence-electron chi connectivity index (χ2n) is 8.98. The molecule has 0 aromatic heterocycles. The molecule has 0 atom stereocenters. The molecule has 0 unspecified atom stereocenters. The van der Waals surface area contributed by atoms with Crippen LogP contribution in [-0.2, 0) is 5.41 Å². The fourth-order valence-electron chi connectivity index (χ4n) is 3.93. The lowest BCUT2D eigenvalue weighted by Crippen LogP contribution is -2.17. The molecule has 0 amide bonds. The molecule has 2 rings (SSSR count). The van der Waals surface area contributed by atoms with Gasteiger partial charge in [0.1, 0.15) is 0 Å². The fraction of sp³-hybridized carbons (Fsp3) is 0.500. The normalized spacial score (nSPS) is 17.8. The van der Waals surface area contributed by atoms with Gasteiger partial charge in [-0.2, -0.15) is 0 Å². The molecule has 0 aliphatic heterocycles. The SMILES string of the molecule is C=C(C)/C(C(=C)Nc1ccc(C(C)(C)C)cc1)=C(/C)C1(C)CCCC1. The number of anilines is 1. The molecule has 25 heavy (non-hydrogen) atoms. The smallest absolute Gasteiger partial charge is 0.0386 e. The van der Waals surface area contributed by atoms with E-state index in [1.165, 1.54) is 42.4 Å². The van der Waals surface area contributed by atoms with Crippen molar-refractivity contribution in [1.29, 1.82) is 0 Å². The summed E-state index contributed by atoms with van der Waals surface area (Å²) in [5.41, 5.74) is 7.58. The first kappa shape index (κ1) is 19.6. The number of benzene rings is 1. The van der Waals surface area contributed by atoms with Crippen LogP contribution in [0.4, 0.5) is 5.69 Å². The van der Waals surface area contributed by atoms with Crippen molar-refractivity contribution in [3.05, 3.63) is 65.4 Å². The second kappa shape index (κ2) is 7.23. The third-order valence-corrected chi connectivity index (χ3v) is 5.76. The molecule has 136 valence electrons. The Kier molecular flexibility index (Phi) is 5.66. The van der Waals surface area contributed by atoms with Gasteiger partial charge in [-0.25, -0.2) is 0 Å². The van der Waals surface area contributed by atoms with Gasteiger partial charge in [-0.15, -0.1) is 0 Å². The van der Waals surface area contributed by atoms with Gasteiger partial charge in [0.15, 0.2) is 0 Å². The molecule has 0 saturated heterocycles. The third-order valence-electron chi connectivity index (χ3n) is 5.76. The molecule has 1 fully saturated rings. The molecule has 1 aliphatic rings. The molecular formula is C24H35N. The molecule has 0 spiro atoms. The minimum Gasteiger partial charge on any atom is -0.356 e. The summed E-state index contributed by atoms with van der Waals surface area (Å²) in [5, 5.41) is 3.51. The van der Waals surface area contributed by atoms with Crippen LogP contribution >= 0.6 is 0 Å². The van der Waals surface area contributed by atoms with Crippen LogP contribution in [0.1, 0.15) is 72.8 Å². The van der Waals surface area contributed by atoms with Crippen LogP contribution in [0.5, 0.6) is 0 Å². The van der Waals surface area contributed by atoms with Gasteiger partial charge in [0, 0.05) is 11.4 Å². The standard InChI is InChI=1S/C24H35N/c1-17(2)22(18(3)24(8)15-9-10-16-24)19(4)25-21-13-11-20(12-14-21)23(5,6)7/h11-14,25H,1,4,9-10,15-16H2,2-3,5-8H3/b22-18+. The highest BCUT2D eigenvalue weighted by molar-refractivity contribution is 5.59. The van der Waals surface area contributed by atoms with E-state index in [-0.39, 0.29) is 10.8 Å². The summed E-state index contributed by atoms with van der Waals surface area (Å²) in [6.07, 6.45) is 5.18. The average Bonchev–Trinajstić information content (AvgIpc) is 2.94. The summed E-state index contributed by atoms with van der Waals surface area (Å²) in [5.74, 6) is 0. The lowest BCUT2D eigenvalue weighted by atomic mass is 9.77. The maximum Gasteiger partial charge on any atom is 0.0386 e. The van der Waals surface area contributed by atoms with Crippen molar-refractivity contribution < 1.29 is 0 Å². The van der Waals surface area contributed by atoms with Gasteiger partial charge < -0.3 is 5.32 Å². The van der Waals surface area contributed by atoms with Gasteiger partial charge in [-0.05, 0) is 66.4 Å². The molecule has 1 nitrogen and oxygen atoms in total. The van der Waals surface area contributed by atoms with Crippen LogP contribution < -0.4 is 5.32 Å². The number of allylic oxidation sites excluding steroid dienone is 2. The van der Waals surface area contributed by atoms with Crippen LogP contribution in [0.2, 0.25) is 0 Å². The summed E-state index contributed by atoms with van der Waals surface area (Å²) in [6.45, 7) is 22.0. The molecule has 1 N–H and O–H groups in total. The fourth-order valence-corrected chi connectivity index (χ4v) is 3.93. The maximum absolute atomic E-state index is 4.34.